The maximum atomic E-state index is 14.3. The summed E-state index contributed by atoms with van der Waals surface area (Å²) in [7, 11) is -4.12. The third kappa shape index (κ3) is 6.63. The van der Waals surface area contributed by atoms with E-state index in [1.54, 1.807) is 24.5 Å². The van der Waals surface area contributed by atoms with Gasteiger partial charge in [0.2, 0.25) is 10.0 Å². The van der Waals surface area contributed by atoms with Crippen molar-refractivity contribution < 1.29 is 31.6 Å². The monoisotopic (exact) mass is 666 g/mol. The van der Waals surface area contributed by atoms with Gasteiger partial charge in [0.1, 0.15) is 21.9 Å². The van der Waals surface area contributed by atoms with Gasteiger partial charge in [-0.15, -0.1) is 0 Å². The van der Waals surface area contributed by atoms with Crippen LogP contribution in [0.15, 0.2) is 64.0 Å². The quantitative estimate of drug-likeness (QED) is 0.183. The summed E-state index contributed by atoms with van der Waals surface area (Å²) in [6.07, 6.45) is 4.64. The van der Waals surface area contributed by atoms with Crippen LogP contribution in [0.3, 0.4) is 0 Å². The molecule has 2 aromatic heterocycles. The summed E-state index contributed by atoms with van der Waals surface area (Å²) in [5.41, 5.74) is 0.963. The molecule has 2 aliphatic rings. The van der Waals surface area contributed by atoms with Crippen molar-refractivity contribution in [1.29, 1.82) is 0 Å². The number of aliphatic hydroxyl groups is 1. The van der Waals surface area contributed by atoms with Crippen molar-refractivity contribution in [2.75, 3.05) is 5.32 Å². The molecule has 1 fully saturated rings. The summed E-state index contributed by atoms with van der Waals surface area (Å²) < 4.78 is 66.3. The normalized spacial score (nSPS) is 21.2. The molecule has 1 aliphatic heterocycles. The Balaban J connectivity index is 1.27. The Labute approximate surface area is 273 Å². The first-order valence-corrected chi connectivity index (χ1v) is 17.6. The van der Waals surface area contributed by atoms with Gasteiger partial charge in [0.25, 0.3) is 5.91 Å². The number of amides is 1. The third-order valence-electron chi connectivity index (χ3n) is 9.70. The Kier molecular flexibility index (Phi) is 9.12. The maximum absolute atomic E-state index is 14.3. The number of sulfonamides is 1. The molecule has 12 heteroatoms. The van der Waals surface area contributed by atoms with Gasteiger partial charge in [-0.05, 0) is 76.3 Å². The number of nitrogens with zero attached hydrogens (tertiary/aromatic N) is 2. The molecule has 4 unspecified atom stereocenters. The number of nitrogens with one attached hydrogen (secondary N) is 2. The molecule has 1 amide bonds. The molecule has 3 heterocycles. The number of hydrogen-bond donors (Lipinski definition) is 3. The zero-order valence-electron chi connectivity index (χ0n) is 26.7. The third-order valence-corrected chi connectivity index (χ3v) is 11.4. The summed E-state index contributed by atoms with van der Waals surface area (Å²) >= 11 is 0. The molecule has 0 bridgehead atoms. The Morgan fingerprint density at radius 2 is 1.85 bits per heavy atom. The van der Waals surface area contributed by atoms with Gasteiger partial charge < -0.3 is 19.5 Å². The fraction of sp³-hybridized carbons (Fsp3) is 0.429. The Hall–Kier alpha value is -3.87. The average molecular weight is 667 g/mol. The van der Waals surface area contributed by atoms with E-state index in [2.05, 4.69) is 15.2 Å². The topological polar surface area (TPSA) is 126 Å². The van der Waals surface area contributed by atoms with Crippen molar-refractivity contribution in [2.45, 2.75) is 88.8 Å². The lowest BCUT2D eigenvalue weighted by molar-refractivity contribution is 0.0200. The van der Waals surface area contributed by atoms with Crippen molar-refractivity contribution in [3.8, 4) is 11.3 Å². The molecule has 6 rings (SSSR count). The molecule has 0 saturated heterocycles. The fourth-order valence-electron chi connectivity index (χ4n) is 7.29. The number of rotatable bonds is 9. The highest BCUT2D eigenvalue weighted by Crippen LogP contribution is 2.41. The number of fused-ring (bicyclic) bond motifs is 1. The van der Waals surface area contributed by atoms with Crippen LogP contribution in [0.5, 0.6) is 0 Å². The SMILES string of the molecule is Cc1c(S(=O)(=O)NC2C(C)CCC2CC(C)(O)c2cc(-c3ccccc3)on2)c2n(c1C(=O)Nc1ccc(F)c(F)c1)CCCCC2. The first-order chi connectivity index (χ1) is 22.4. The molecule has 0 radical (unpaired) electrons. The van der Waals surface area contributed by atoms with Crippen LogP contribution in [0.25, 0.3) is 11.3 Å². The van der Waals surface area contributed by atoms with Crippen LogP contribution in [-0.4, -0.2) is 35.2 Å². The molecule has 1 aliphatic carbocycles. The van der Waals surface area contributed by atoms with E-state index in [-0.39, 0.29) is 34.5 Å². The van der Waals surface area contributed by atoms with Gasteiger partial charge in [0.15, 0.2) is 17.4 Å². The van der Waals surface area contributed by atoms with E-state index in [1.807, 2.05) is 37.3 Å². The van der Waals surface area contributed by atoms with Gasteiger partial charge in [0.05, 0.1) is 0 Å². The fourth-order valence-corrected chi connectivity index (χ4v) is 9.22. The van der Waals surface area contributed by atoms with Crippen LogP contribution in [0.4, 0.5) is 14.5 Å². The van der Waals surface area contributed by atoms with Gasteiger partial charge in [-0.1, -0.05) is 48.8 Å². The van der Waals surface area contributed by atoms with Crippen LogP contribution in [0, 0.1) is 30.4 Å². The summed E-state index contributed by atoms with van der Waals surface area (Å²) in [4.78, 5) is 13.7. The molecule has 2 aromatic carbocycles. The second-order valence-corrected chi connectivity index (χ2v) is 14.8. The van der Waals surface area contributed by atoms with Crippen LogP contribution in [0.1, 0.15) is 79.8 Å². The summed E-state index contributed by atoms with van der Waals surface area (Å²) in [5, 5.41) is 18.4. The number of halogens is 2. The number of anilines is 1. The van der Waals surface area contributed by atoms with Crippen LogP contribution >= 0.6 is 0 Å². The van der Waals surface area contributed by atoms with E-state index >= 15 is 0 Å². The molecule has 3 N–H and O–H groups in total. The van der Waals surface area contributed by atoms with E-state index in [1.165, 1.54) is 6.07 Å². The standard InChI is InChI=1S/C35H40F2N4O5S/c1-21-13-14-24(20-35(3,43)30-19-29(46-39-30)23-10-6-4-7-11-23)31(21)40-47(44,45)33-22(2)32(41-17-9-5-8-12-28(33)41)34(42)38-25-15-16-26(36)27(37)18-25/h4,6-7,10-11,15-16,18-19,21,24,31,40,43H,5,8-9,12-14,17,20H2,1-3H3,(H,38,42). The van der Waals surface area contributed by atoms with Crippen molar-refractivity contribution >= 4 is 21.6 Å². The van der Waals surface area contributed by atoms with E-state index < -0.39 is 39.2 Å². The van der Waals surface area contributed by atoms with Gasteiger partial charge in [-0.25, -0.2) is 21.9 Å². The largest absolute Gasteiger partial charge is 0.384 e. The predicted octanol–water partition coefficient (Wildman–Crippen LogP) is 6.70. The molecule has 47 heavy (non-hydrogen) atoms. The zero-order chi connectivity index (χ0) is 33.5. The number of carbonyl (C=O) groups excluding carboxylic acids is 1. The van der Waals surface area contributed by atoms with Crippen molar-refractivity contribution in [3.05, 3.63) is 88.9 Å². The van der Waals surface area contributed by atoms with Crippen LogP contribution < -0.4 is 10.0 Å². The molecular weight excluding hydrogens is 626 g/mol. The van der Waals surface area contributed by atoms with Crippen LogP contribution in [0.2, 0.25) is 0 Å². The molecule has 9 nitrogen and oxygen atoms in total. The molecule has 0 spiro atoms. The molecule has 1 saturated carbocycles. The van der Waals surface area contributed by atoms with E-state index in [9.17, 15) is 27.1 Å². The molecule has 4 atom stereocenters. The Morgan fingerprint density at radius 1 is 1.09 bits per heavy atom. The average Bonchev–Trinajstić information content (AvgIpc) is 3.67. The first-order valence-electron chi connectivity index (χ1n) is 16.1. The Bertz CT molecular complexity index is 1890. The Morgan fingerprint density at radius 3 is 2.60 bits per heavy atom. The smallest absolute Gasteiger partial charge is 0.272 e. The zero-order valence-corrected chi connectivity index (χ0v) is 27.5. The lowest BCUT2D eigenvalue weighted by Crippen LogP contribution is -2.43. The van der Waals surface area contributed by atoms with Gasteiger partial charge >= 0.3 is 0 Å². The van der Waals surface area contributed by atoms with E-state index in [0.29, 0.717) is 42.1 Å². The highest BCUT2D eigenvalue weighted by Gasteiger charge is 2.43. The summed E-state index contributed by atoms with van der Waals surface area (Å²) in [6.45, 7) is 5.75. The lowest BCUT2D eigenvalue weighted by Gasteiger charge is -2.30. The second kappa shape index (κ2) is 13.0. The number of carbonyl (C=O) groups is 1. The number of aromatic nitrogens is 2. The van der Waals surface area contributed by atoms with E-state index in [4.69, 9.17) is 4.52 Å². The predicted molar refractivity (Wildman–Crippen MR) is 173 cm³/mol. The first kappa shape index (κ1) is 33.0. The van der Waals surface area contributed by atoms with Crippen molar-refractivity contribution in [1.82, 2.24) is 14.4 Å². The number of benzene rings is 2. The summed E-state index contributed by atoms with van der Waals surface area (Å²) in [6, 6.07) is 13.8. The van der Waals surface area contributed by atoms with Crippen molar-refractivity contribution in [2.24, 2.45) is 11.8 Å². The van der Waals surface area contributed by atoms with Crippen LogP contribution in [-0.2, 0) is 28.6 Å². The van der Waals surface area contributed by atoms with Crippen molar-refractivity contribution in [3.63, 3.8) is 0 Å². The lowest BCUT2D eigenvalue weighted by atomic mass is 9.85. The summed E-state index contributed by atoms with van der Waals surface area (Å²) in [5.74, 6) is -2.38. The minimum Gasteiger partial charge on any atom is -0.384 e. The highest BCUT2D eigenvalue weighted by molar-refractivity contribution is 7.89. The van der Waals surface area contributed by atoms with Gasteiger partial charge in [0, 0.05) is 47.2 Å². The second-order valence-electron chi connectivity index (χ2n) is 13.2. The minimum atomic E-state index is -4.12. The molecule has 250 valence electrons. The van der Waals surface area contributed by atoms with E-state index in [0.717, 1.165) is 43.4 Å². The minimum absolute atomic E-state index is 0.000399. The highest BCUT2D eigenvalue weighted by atomic mass is 32.2. The van der Waals surface area contributed by atoms with Gasteiger partial charge in [-0.3, -0.25) is 4.79 Å². The number of hydrogen-bond acceptors (Lipinski definition) is 6. The molecule has 4 aromatic rings. The maximum Gasteiger partial charge on any atom is 0.272 e. The van der Waals surface area contributed by atoms with Gasteiger partial charge in [-0.2, -0.15) is 0 Å². The molecular formula is C35H40F2N4O5S.